The van der Waals surface area contributed by atoms with Crippen LogP contribution in [0, 0.1) is 0 Å². The van der Waals surface area contributed by atoms with E-state index in [4.69, 9.17) is 16.3 Å². The monoisotopic (exact) mass is 266 g/mol. The molecule has 0 amide bonds. The van der Waals surface area contributed by atoms with E-state index in [1.54, 1.807) is 22.6 Å². The number of halogens is 1. The van der Waals surface area contributed by atoms with Gasteiger partial charge in [0.2, 0.25) is 0 Å². The Kier molecular flexibility index (Phi) is 2.72. The molecule has 0 bridgehead atoms. The van der Waals surface area contributed by atoms with Gasteiger partial charge in [0, 0.05) is 12.5 Å². The van der Waals surface area contributed by atoms with Crippen LogP contribution in [0.5, 0.6) is 0 Å². The SMILES string of the molecule is O=C(O)c1cccc2c(Cl)nc(C3CCOC3)n12. The first-order chi connectivity index (χ1) is 8.68. The van der Waals surface area contributed by atoms with E-state index in [9.17, 15) is 9.90 Å². The summed E-state index contributed by atoms with van der Waals surface area (Å²) in [6.07, 6.45) is 0.837. The standard InChI is InChI=1S/C12H11ClN2O3/c13-10-8-2-1-3-9(12(16)17)15(8)11(14-10)7-4-5-18-6-7/h1-3,7H,4-6H2,(H,16,17). The molecule has 2 aromatic rings. The lowest BCUT2D eigenvalue weighted by Gasteiger charge is -2.08. The van der Waals surface area contributed by atoms with Crippen LogP contribution in [0.25, 0.3) is 5.52 Å². The Balaban J connectivity index is 2.27. The van der Waals surface area contributed by atoms with Crippen molar-refractivity contribution in [1.29, 1.82) is 0 Å². The van der Waals surface area contributed by atoms with Gasteiger partial charge in [-0.25, -0.2) is 9.78 Å². The molecule has 1 N–H and O–H groups in total. The number of carboxylic acid groups (broad SMARTS) is 1. The highest BCUT2D eigenvalue weighted by molar-refractivity contribution is 6.32. The minimum Gasteiger partial charge on any atom is -0.477 e. The number of hydrogen-bond acceptors (Lipinski definition) is 3. The third kappa shape index (κ3) is 1.67. The number of nitrogens with zero attached hydrogens (tertiary/aromatic N) is 2. The summed E-state index contributed by atoms with van der Waals surface area (Å²) >= 11 is 6.07. The van der Waals surface area contributed by atoms with Gasteiger partial charge in [-0.15, -0.1) is 0 Å². The van der Waals surface area contributed by atoms with E-state index in [0.717, 1.165) is 6.42 Å². The second-order valence-electron chi connectivity index (χ2n) is 4.26. The first-order valence-electron chi connectivity index (χ1n) is 5.66. The molecule has 94 valence electrons. The molecule has 3 heterocycles. The summed E-state index contributed by atoms with van der Waals surface area (Å²) in [5.74, 6) is -0.217. The number of hydrogen-bond donors (Lipinski definition) is 1. The Bertz CT molecular complexity index is 617. The van der Waals surface area contributed by atoms with Crippen molar-refractivity contribution in [2.24, 2.45) is 0 Å². The highest BCUT2D eigenvalue weighted by atomic mass is 35.5. The van der Waals surface area contributed by atoms with Crippen LogP contribution in [0.3, 0.4) is 0 Å². The van der Waals surface area contributed by atoms with Gasteiger partial charge in [-0.1, -0.05) is 17.7 Å². The third-order valence-corrected chi connectivity index (χ3v) is 3.44. The second-order valence-corrected chi connectivity index (χ2v) is 4.62. The van der Waals surface area contributed by atoms with Crippen molar-refractivity contribution in [2.45, 2.75) is 12.3 Å². The van der Waals surface area contributed by atoms with Gasteiger partial charge < -0.3 is 9.84 Å². The van der Waals surface area contributed by atoms with Gasteiger partial charge >= 0.3 is 5.97 Å². The van der Waals surface area contributed by atoms with E-state index in [0.29, 0.717) is 29.7 Å². The van der Waals surface area contributed by atoms with Crippen molar-refractivity contribution < 1.29 is 14.6 Å². The molecule has 6 heteroatoms. The summed E-state index contributed by atoms with van der Waals surface area (Å²) in [7, 11) is 0. The third-order valence-electron chi connectivity index (χ3n) is 3.16. The number of aromatic carboxylic acids is 1. The molecule has 0 aromatic carbocycles. The number of ether oxygens (including phenoxy) is 1. The first-order valence-corrected chi connectivity index (χ1v) is 6.04. The van der Waals surface area contributed by atoms with Crippen LogP contribution in [-0.2, 0) is 4.74 Å². The molecule has 0 radical (unpaired) electrons. The number of aromatic nitrogens is 2. The van der Waals surface area contributed by atoms with Crippen molar-refractivity contribution in [1.82, 2.24) is 9.38 Å². The maximum absolute atomic E-state index is 11.3. The normalized spacial score (nSPS) is 19.5. The molecular weight excluding hydrogens is 256 g/mol. The maximum Gasteiger partial charge on any atom is 0.352 e. The van der Waals surface area contributed by atoms with Gasteiger partial charge in [-0.3, -0.25) is 4.40 Å². The lowest BCUT2D eigenvalue weighted by molar-refractivity contribution is 0.0688. The van der Waals surface area contributed by atoms with Gasteiger partial charge in [0.25, 0.3) is 0 Å². The molecule has 0 saturated carbocycles. The van der Waals surface area contributed by atoms with Crippen LogP contribution in [-0.4, -0.2) is 33.7 Å². The Labute approximate surface area is 108 Å². The molecule has 18 heavy (non-hydrogen) atoms. The van der Waals surface area contributed by atoms with Gasteiger partial charge in [0.15, 0.2) is 5.15 Å². The van der Waals surface area contributed by atoms with Crippen LogP contribution in [0.4, 0.5) is 0 Å². The molecule has 2 aromatic heterocycles. The Morgan fingerprint density at radius 2 is 2.39 bits per heavy atom. The highest BCUT2D eigenvalue weighted by Gasteiger charge is 2.25. The predicted molar refractivity (Wildman–Crippen MR) is 65.3 cm³/mol. The zero-order chi connectivity index (χ0) is 12.7. The number of rotatable bonds is 2. The van der Waals surface area contributed by atoms with Crippen molar-refractivity contribution in [3.05, 3.63) is 34.9 Å². The van der Waals surface area contributed by atoms with Crippen molar-refractivity contribution in [2.75, 3.05) is 13.2 Å². The van der Waals surface area contributed by atoms with Crippen LogP contribution in [0.2, 0.25) is 5.15 Å². The van der Waals surface area contributed by atoms with Gasteiger partial charge in [0.1, 0.15) is 11.5 Å². The predicted octanol–water partition coefficient (Wildman–Crippen LogP) is 2.19. The van der Waals surface area contributed by atoms with E-state index in [1.807, 2.05) is 0 Å². The van der Waals surface area contributed by atoms with E-state index in [-0.39, 0.29) is 11.6 Å². The van der Waals surface area contributed by atoms with E-state index < -0.39 is 5.97 Å². The van der Waals surface area contributed by atoms with E-state index >= 15 is 0 Å². The summed E-state index contributed by atoms with van der Waals surface area (Å²) in [4.78, 5) is 15.6. The molecule has 1 unspecified atom stereocenters. The summed E-state index contributed by atoms with van der Waals surface area (Å²) in [6.45, 7) is 1.23. The highest BCUT2D eigenvalue weighted by Crippen LogP contribution is 2.29. The van der Waals surface area contributed by atoms with Gasteiger partial charge in [-0.2, -0.15) is 0 Å². The lowest BCUT2D eigenvalue weighted by atomic mass is 10.1. The maximum atomic E-state index is 11.3. The smallest absolute Gasteiger partial charge is 0.352 e. The molecule has 0 aliphatic carbocycles. The molecular formula is C12H11ClN2O3. The average Bonchev–Trinajstić information content (AvgIpc) is 2.97. The van der Waals surface area contributed by atoms with Gasteiger partial charge in [0.05, 0.1) is 12.1 Å². The van der Waals surface area contributed by atoms with Crippen LogP contribution in [0.1, 0.15) is 28.7 Å². The largest absolute Gasteiger partial charge is 0.477 e. The Hall–Kier alpha value is -1.59. The summed E-state index contributed by atoms with van der Waals surface area (Å²) in [5.41, 5.74) is 0.798. The molecule has 1 saturated heterocycles. The minimum absolute atomic E-state index is 0.102. The molecule has 1 atom stereocenters. The number of carboxylic acids is 1. The molecule has 3 rings (SSSR count). The van der Waals surface area contributed by atoms with Gasteiger partial charge in [-0.05, 0) is 18.6 Å². The minimum atomic E-state index is -0.991. The molecule has 0 spiro atoms. The number of fused-ring (bicyclic) bond motifs is 1. The van der Waals surface area contributed by atoms with Crippen LogP contribution in [0.15, 0.2) is 18.2 Å². The molecule has 1 aliphatic heterocycles. The average molecular weight is 267 g/mol. The van der Waals surface area contributed by atoms with E-state index in [1.165, 1.54) is 0 Å². The summed E-state index contributed by atoms with van der Waals surface area (Å²) < 4.78 is 6.94. The first kappa shape index (κ1) is 11.5. The van der Waals surface area contributed by atoms with Crippen LogP contribution >= 0.6 is 11.6 Å². The Morgan fingerprint density at radius 3 is 3.06 bits per heavy atom. The fourth-order valence-electron chi connectivity index (χ4n) is 2.30. The molecule has 1 fully saturated rings. The van der Waals surface area contributed by atoms with Crippen molar-refractivity contribution in [3.63, 3.8) is 0 Å². The lowest BCUT2D eigenvalue weighted by Crippen LogP contribution is -2.11. The topological polar surface area (TPSA) is 63.8 Å². The zero-order valence-corrected chi connectivity index (χ0v) is 10.2. The fourth-order valence-corrected chi connectivity index (χ4v) is 2.54. The second kappa shape index (κ2) is 4.26. The quantitative estimate of drug-likeness (QED) is 0.905. The summed E-state index contributed by atoms with van der Waals surface area (Å²) in [6, 6.07) is 4.98. The number of imidazole rings is 1. The van der Waals surface area contributed by atoms with Crippen LogP contribution < -0.4 is 0 Å². The zero-order valence-electron chi connectivity index (χ0n) is 9.47. The van der Waals surface area contributed by atoms with Crippen molar-refractivity contribution >= 4 is 23.1 Å². The van der Waals surface area contributed by atoms with Crippen molar-refractivity contribution in [3.8, 4) is 0 Å². The number of carbonyl (C=O) groups is 1. The molecule has 5 nitrogen and oxygen atoms in total. The molecule has 1 aliphatic rings. The summed E-state index contributed by atoms with van der Waals surface area (Å²) in [5, 5.41) is 9.57. The Morgan fingerprint density at radius 1 is 1.56 bits per heavy atom. The van der Waals surface area contributed by atoms with E-state index in [2.05, 4.69) is 4.98 Å². The number of pyridine rings is 1. The fraction of sp³-hybridized carbons (Fsp3) is 0.333.